The van der Waals surface area contributed by atoms with E-state index in [0.29, 0.717) is 22.4 Å². The van der Waals surface area contributed by atoms with E-state index in [4.69, 9.17) is 22.0 Å². The lowest BCUT2D eigenvalue weighted by Crippen LogP contribution is -2.16. The molecule has 0 atom stereocenters. The normalized spacial score (nSPS) is 11.0. The van der Waals surface area contributed by atoms with Crippen LogP contribution >= 0.6 is 11.6 Å². The number of nitriles is 1. The van der Waals surface area contributed by atoms with E-state index < -0.39 is 15.8 Å². The lowest BCUT2D eigenvalue weighted by Gasteiger charge is -2.13. The van der Waals surface area contributed by atoms with Gasteiger partial charge in [-0.25, -0.2) is 13.6 Å². The van der Waals surface area contributed by atoms with Gasteiger partial charge in [0.1, 0.15) is 5.75 Å². The van der Waals surface area contributed by atoms with Crippen molar-refractivity contribution in [2.75, 3.05) is 5.32 Å². The Labute approximate surface area is 201 Å². The van der Waals surface area contributed by atoms with Crippen molar-refractivity contribution in [3.8, 4) is 11.8 Å². The summed E-state index contributed by atoms with van der Waals surface area (Å²) in [6.07, 6.45) is 0.0832. The first-order chi connectivity index (χ1) is 16.0. The summed E-state index contributed by atoms with van der Waals surface area (Å²) in [5, 5.41) is 26.9. The maximum absolute atomic E-state index is 13.1. The second kappa shape index (κ2) is 10.1. The number of nitrogens with zero attached hydrogens (tertiary/aromatic N) is 1. The van der Waals surface area contributed by atoms with Crippen LogP contribution in [0.3, 0.4) is 0 Å². The Morgan fingerprint density at radius 1 is 1.15 bits per heavy atom. The summed E-state index contributed by atoms with van der Waals surface area (Å²) in [5.74, 6) is -1.01. The van der Waals surface area contributed by atoms with Crippen LogP contribution < -0.4 is 10.5 Å². The van der Waals surface area contributed by atoms with E-state index in [0.717, 1.165) is 0 Å². The van der Waals surface area contributed by atoms with Crippen LogP contribution in [0, 0.1) is 18.3 Å². The number of aromatic hydroxyl groups is 1. The fraction of sp³-hybridized carbons (Fsp3) is 0.125. The maximum Gasteiger partial charge on any atom is 0.238 e. The number of phenols is 1. The van der Waals surface area contributed by atoms with Crippen LogP contribution in [-0.2, 0) is 21.2 Å². The summed E-state index contributed by atoms with van der Waals surface area (Å²) in [6, 6.07) is 14.9. The molecule has 0 aliphatic carbocycles. The van der Waals surface area contributed by atoms with E-state index in [9.17, 15) is 23.1 Å². The highest BCUT2D eigenvalue weighted by atomic mass is 35.5. The second-order valence-electron chi connectivity index (χ2n) is 7.55. The zero-order chi connectivity index (χ0) is 25.0. The van der Waals surface area contributed by atoms with Gasteiger partial charge in [0, 0.05) is 23.2 Å². The molecule has 1 amide bonds. The van der Waals surface area contributed by atoms with Crippen LogP contribution in [0.5, 0.6) is 5.75 Å². The molecule has 10 heteroatoms. The molecule has 0 saturated carbocycles. The van der Waals surface area contributed by atoms with Gasteiger partial charge >= 0.3 is 0 Å². The third kappa shape index (κ3) is 5.80. The number of phenolic OH excluding ortho intramolecular Hbond substituents is 1. The number of ketones is 1. The number of carbonyl (C=O) groups is 2. The summed E-state index contributed by atoms with van der Waals surface area (Å²) in [7, 11) is -3.86. The first-order valence-corrected chi connectivity index (χ1v) is 11.9. The predicted molar refractivity (Wildman–Crippen MR) is 127 cm³/mol. The molecule has 0 bridgehead atoms. The quantitative estimate of drug-likeness (QED) is 0.423. The van der Waals surface area contributed by atoms with Gasteiger partial charge in [-0.3, -0.25) is 9.59 Å². The molecule has 0 spiro atoms. The third-order valence-corrected chi connectivity index (χ3v) is 6.31. The van der Waals surface area contributed by atoms with Crippen molar-refractivity contribution < 1.29 is 23.1 Å². The van der Waals surface area contributed by atoms with Crippen molar-refractivity contribution in [3.05, 3.63) is 87.4 Å². The lowest BCUT2D eigenvalue weighted by atomic mass is 9.94. The minimum absolute atomic E-state index is 0.0152. The van der Waals surface area contributed by atoms with E-state index in [-0.39, 0.29) is 45.5 Å². The molecular formula is C24H20ClN3O5S. The number of hydrogen-bond acceptors (Lipinski definition) is 6. The second-order valence-corrected chi connectivity index (χ2v) is 9.52. The van der Waals surface area contributed by atoms with Crippen molar-refractivity contribution in [2.24, 2.45) is 5.14 Å². The lowest BCUT2D eigenvalue weighted by molar-refractivity contribution is -0.116. The third-order valence-electron chi connectivity index (χ3n) is 5.09. The van der Waals surface area contributed by atoms with Crippen molar-refractivity contribution >= 4 is 39.0 Å². The van der Waals surface area contributed by atoms with Gasteiger partial charge in [0.25, 0.3) is 0 Å². The Hall–Kier alpha value is -3.71. The highest BCUT2D eigenvalue weighted by Gasteiger charge is 2.18. The Bertz CT molecular complexity index is 1450. The molecule has 0 heterocycles. The number of amides is 1. The number of sulfonamides is 1. The molecule has 0 fully saturated rings. The Balaban J connectivity index is 1.81. The SMILES string of the molecule is Cc1cc(S(N)(=O)=O)ccc1NC(=O)CCc1cc(O)c(Cl)cc1C(=O)c1cccc(C#N)c1. The molecule has 8 nitrogen and oxygen atoms in total. The first-order valence-electron chi connectivity index (χ1n) is 9.99. The molecule has 0 unspecified atom stereocenters. The largest absolute Gasteiger partial charge is 0.506 e. The number of benzene rings is 3. The number of anilines is 1. The van der Waals surface area contributed by atoms with Gasteiger partial charge in [0.2, 0.25) is 15.9 Å². The standard InChI is InChI=1S/C24H20ClN3O5S/c1-14-9-18(34(27,32)33)6-7-21(14)28-23(30)8-5-16-11-22(29)20(25)12-19(16)24(31)17-4-2-3-15(10-17)13-26/h2-4,6-7,9-12,29H,5,8H2,1H3,(H,28,30)(H2,27,32,33). The molecule has 0 aliphatic heterocycles. The molecule has 0 aliphatic rings. The molecule has 3 aromatic carbocycles. The predicted octanol–water partition coefficient (Wildman–Crippen LogP) is 3.68. The Morgan fingerprint density at radius 3 is 2.53 bits per heavy atom. The Kier molecular flexibility index (Phi) is 7.37. The van der Waals surface area contributed by atoms with Gasteiger partial charge in [-0.15, -0.1) is 0 Å². The number of primary sulfonamides is 1. The van der Waals surface area contributed by atoms with E-state index in [1.807, 2.05) is 6.07 Å². The summed E-state index contributed by atoms with van der Waals surface area (Å²) in [4.78, 5) is 25.6. The van der Waals surface area contributed by atoms with Crippen molar-refractivity contribution in [3.63, 3.8) is 0 Å². The molecular weight excluding hydrogens is 478 g/mol. The van der Waals surface area contributed by atoms with E-state index in [1.54, 1.807) is 25.1 Å². The number of hydrogen-bond donors (Lipinski definition) is 3. The molecule has 34 heavy (non-hydrogen) atoms. The van der Waals surface area contributed by atoms with Gasteiger partial charge < -0.3 is 10.4 Å². The molecule has 4 N–H and O–H groups in total. The van der Waals surface area contributed by atoms with Gasteiger partial charge in [-0.2, -0.15) is 5.26 Å². The minimum atomic E-state index is -3.86. The molecule has 0 radical (unpaired) electrons. The zero-order valence-corrected chi connectivity index (χ0v) is 19.6. The number of carbonyl (C=O) groups excluding carboxylic acids is 2. The van der Waals surface area contributed by atoms with E-state index in [2.05, 4.69) is 5.32 Å². The number of halogens is 1. The minimum Gasteiger partial charge on any atom is -0.506 e. The monoisotopic (exact) mass is 497 g/mol. The molecule has 0 aromatic heterocycles. The highest BCUT2D eigenvalue weighted by molar-refractivity contribution is 7.89. The van der Waals surface area contributed by atoms with Gasteiger partial charge in [-0.1, -0.05) is 23.7 Å². The van der Waals surface area contributed by atoms with Gasteiger partial charge in [0.15, 0.2) is 5.78 Å². The molecule has 174 valence electrons. The first kappa shape index (κ1) is 24.9. The summed E-state index contributed by atoms with van der Waals surface area (Å²) in [6.45, 7) is 1.63. The fourth-order valence-electron chi connectivity index (χ4n) is 3.32. The topological polar surface area (TPSA) is 150 Å². The van der Waals surface area contributed by atoms with Crippen molar-refractivity contribution in [2.45, 2.75) is 24.7 Å². The summed E-state index contributed by atoms with van der Waals surface area (Å²) in [5.41, 5.74) is 2.14. The van der Waals surface area contributed by atoms with Crippen molar-refractivity contribution in [1.82, 2.24) is 0 Å². The average molecular weight is 498 g/mol. The zero-order valence-electron chi connectivity index (χ0n) is 18.0. The van der Waals surface area contributed by atoms with Crippen LogP contribution in [0.1, 0.15) is 39.0 Å². The van der Waals surface area contributed by atoms with E-state index >= 15 is 0 Å². The van der Waals surface area contributed by atoms with Crippen LogP contribution in [0.4, 0.5) is 5.69 Å². The number of aryl methyl sites for hydroxylation is 2. The van der Waals surface area contributed by atoms with Crippen molar-refractivity contribution in [1.29, 1.82) is 5.26 Å². The summed E-state index contributed by atoms with van der Waals surface area (Å²) < 4.78 is 22.9. The van der Waals surface area contributed by atoms with Gasteiger partial charge in [0.05, 0.1) is 21.6 Å². The molecule has 0 saturated heterocycles. The average Bonchev–Trinajstić information content (AvgIpc) is 2.79. The van der Waals surface area contributed by atoms with Crippen LogP contribution in [-0.4, -0.2) is 25.2 Å². The summed E-state index contributed by atoms with van der Waals surface area (Å²) >= 11 is 6.02. The number of nitrogens with two attached hydrogens (primary N) is 1. The maximum atomic E-state index is 13.1. The van der Waals surface area contributed by atoms with Gasteiger partial charge in [-0.05, 0) is 66.9 Å². The van der Waals surface area contributed by atoms with Crippen LogP contribution in [0.2, 0.25) is 5.02 Å². The van der Waals surface area contributed by atoms with E-state index in [1.165, 1.54) is 36.4 Å². The van der Waals surface area contributed by atoms with Crippen LogP contribution in [0.15, 0.2) is 59.5 Å². The smallest absolute Gasteiger partial charge is 0.238 e. The number of rotatable bonds is 7. The number of nitrogens with one attached hydrogen (secondary N) is 1. The van der Waals surface area contributed by atoms with Crippen LogP contribution in [0.25, 0.3) is 0 Å². The molecule has 3 aromatic rings. The fourth-order valence-corrected chi connectivity index (χ4v) is 4.09. The molecule has 3 rings (SSSR count). The Morgan fingerprint density at radius 2 is 1.88 bits per heavy atom. The highest BCUT2D eigenvalue weighted by Crippen LogP contribution is 2.30.